The van der Waals surface area contributed by atoms with Crippen LogP contribution in [0.25, 0.3) is 0 Å². The average Bonchev–Trinajstić information content (AvgIpc) is 1.95. The first-order valence-electron chi connectivity index (χ1n) is 4.14. The van der Waals surface area contributed by atoms with Gasteiger partial charge in [0.25, 0.3) is 0 Å². The van der Waals surface area contributed by atoms with Crippen LogP contribution in [0.1, 0.15) is 33.1 Å². The molecule has 0 saturated heterocycles. The summed E-state index contributed by atoms with van der Waals surface area (Å²) in [5.41, 5.74) is 8.65. The van der Waals surface area contributed by atoms with Gasteiger partial charge in [-0.2, -0.15) is 0 Å². The molecule has 0 fully saturated rings. The molecule has 0 spiro atoms. The Kier molecular flexibility index (Phi) is 2.50. The van der Waals surface area contributed by atoms with Gasteiger partial charge < -0.3 is 5.73 Å². The van der Waals surface area contributed by atoms with Gasteiger partial charge in [-0.1, -0.05) is 18.1 Å². The number of hydrogen-bond acceptors (Lipinski definition) is 1. The molecule has 0 saturated carbocycles. The smallest absolute Gasteiger partial charge is 0.0139 e. The number of hydrogen-bond donors (Lipinski definition) is 1. The van der Waals surface area contributed by atoms with E-state index in [4.69, 9.17) is 5.73 Å². The van der Waals surface area contributed by atoms with Gasteiger partial charge in [-0.05, 0) is 32.1 Å². The lowest BCUT2D eigenvalue weighted by Gasteiger charge is -2.22. The first-order valence-corrected chi connectivity index (χ1v) is 4.14. The van der Waals surface area contributed by atoms with Crippen molar-refractivity contribution >= 4 is 0 Å². The van der Waals surface area contributed by atoms with Crippen LogP contribution in [0.3, 0.4) is 0 Å². The van der Waals surface area contributed by atoms with Crippen LogP contribution in [0.5, 0.6) is 0 Å². The van der Waals surface area contributed by atoms with Crippen molar-refractivity contribution in [3.63, 3.8) is 0 Å². The second-order valence-electron chi connectivity index (χ2n) is 3.28. The van der Waals surface area contributed by atoms with Gasteiger partial charge in [0.2, 0.25) is 0 Å². The van der Waals surface area contributed by atoms with Gasteiger partial charge in [0.15, 0.2) is 0 Å². The SMILES string of the molecule is CC1=C(CN)CCCC1C. The van der Waals surface area contributed by atoms with Crippen molar-refractivity contribution < 1.29 is 0 Å². The molecule has 1 aliphatic carbocycles. The van der Waals surface area contributed by atoms with Crippen LogP contribution in [-0.4, -0.2) is 6.54 Å². The van der Waals surface area contributed by atoms with E-state index in [1.807, 2.05) is 0 Å². The van der Waals surface area contributed by atoms with E-state index in [2.05, 4.69) is 13.8 Å². The molecule has 1 aliphatic rings. The first kappa shape index (κ1) is 7.80. The van der Waals surface area contributed by atoms with Gasteiger partial charge >= 0.3 is 0 Å². The van der Waals surface area contributed by atoms with Gasteiger partial charge in [-0.15, -0.1) is 0 Å². The summed E-state index contributed by atoms with van der Waals surface area (Å²) in [4.78, 5) is 0. The second-order valence-corrected chi connectivity index (χ2v) is 3.28. The van der Waals surface area contributed by atoms with E-state index in [1.165, 1.54) is 24.8 Å². The highest BCUT2D eigenvalue weighted by Gasteiger charge is 2.13. The Morgan fingerprint density at radius 1 is 1.60 bits per heavy atom. The summed E-state index contributed by atoms with van der Waals surface area (Å²) in [6.07, 6.45) is 3.94. The summed E-state index contributed by atoms with van der Waals surface area (Å²) < 4.78 is 0. The van der Waals surface area contributed by atoms with E-state index in [1.54, 1.807) is 5.57 Å². The predicted molar refractivity (Wildman–Crippen MR) is 44.8 cm³/mol. The summed E-state index contributed by atoms with van der Waals surface area (Å²) in [5, 5.41) is 0. The van der Waals surface area contributed by atoms with Crippen molar-refractivity contribution in [3.05, 3.63) is 11.1 Å². The van der Waals surface area contributed by atoms with Crippen LogP contribution in [0.4, 0.5) is 0 Å². The zero-order valence-corrected chi connectivity index (χ0v) is 6.98. The molecular formula is C9H17N. The lowest BCUT2D eigenvalue weighted by Crippen LogP contribution is -2.13. The topological polar surface area (TPSA) is 26.0 Å². The summed E-state index contributed by atoms with van der Waals surface area (Å²) in [7, 11) is 0. The summed E-state index contributed by atoms with van der Waals surface area (Å²) in [5.74, 6) is 0.785. The van der Waals surface area contributed by atoms with Crippen LogP contribution in [0.2, 0.25) is 0 Å². The van der Waals surface area contributed by atoms with Crippen molar-refractivity contribution in [1.29, 1.82) is 0 Å². The Labute approximate surface area is 63.3 Å². The molecule has 0 aromatic rings. The van der Waals surface area contributed by atoms with Crippen molar-refractivity contribution in [1.82, 2.24) is 0 Å². The number of allylic oxidation sites excluding steroid dienone is 1. The molecule has 0 aromatic carbocycles. The molecule has 1 unspecified atom stereocenters. The number of nitrogens with two attached hydrogens (primary N) is 1. The van der Waals surface area contributed by atoms with Crippen LogP contribution in [0, 0.1) is 5.92 Å². The molecule has 1 nitrogen and oxygen atoms in total. The lowest BCUT2D eigenvalue weighted by atomic mass is 9.85. The minimum Gasteiger partial charge on any atom is -0.327 e. The van der Waals surface area contributed by atoms with Crippen LogP contribution >= 0.6 is 0 Å². The fourth-order valence-corrected chi connectivity index (χ4v) is 1.65. The highest BCUT2D eigenvalue weighted by Crippen LogP contribution is 2.28. The normalized spacial score (nSPS) is 27.3. The van der Waals surface area contributed by atoms with Gasteiger partial charge in [-0.25, -0.2) is 0 Å². The monoisotopic (exact) mass is 139 g/mol. The van der Waals surface area contributed by atoms with Crippen molar-refractivity contribution in [2.24, 2.45) is 11.7 Å². The van der Waals surface area contributed by atoms with Crippen molar-refractivity contribution in [2.45, 2.75) is 33.1 Å². The fraction of sp³-hybridized carbons (Fsp3) is 0.778. The Hall–Kier alpha value is -0.300. The Morgan fingerprint density at radius 3 is 2.80 bits per heavy atom. The third-order valence-electron chi connectivity index (χ3n) is 2.66. The maximum Gasteiger partial charge on any atom is 0.0139 e. The predicted octanol–water partition coefficient (Wildman–Crippen LogP) is 2.08. The fourth-order valence-electron chi connectivity index (χ4n) is 1.65. The Balaban J connectivity index is 2.72. The van der Waals surface area contributed by atoms with E-state index >= 15 is 0 Å². The van der Waals surface area contributed by atoms with Crippen molar-refractivity contribution in [2.75, 3.05) is 6.54 Å². The third-order valence-corrected chi connectivity index (χ3v) is 2.66. The molecule has 10 heavy (non-hydrogen) atoms. The molecule has 2 N–H and O–H groups in total. The van der Waals surface area contributed by atoms with Gasteiger partial charge in [0, 0.05) is 6.54 Å². The van der Waals surface area contributed by atoms with E-state index in [-0.39, 0.29) is 0 Å². The second kappa shape index (κ2) is 3.20. The molecule has 0 radical (unpaired) electrons. The molecule has 58 valence electrons. The zero-order valence-electron chi connectivity index (χ0n) is 6.98. The van der Waals surface area contributed by atoms with Crippen LogP contribution < -0.4 is 5.73 Å². The minimum atomic E-state index is 0.774. The summed E-state index contributed by atoms with van der Waals surface area (Å²) >= 11 is 0. The summed E-state index contributed by atoms with van der Waals surface area (Å²) in [6, 6.07) is 0. The highest BCUT2D eigenvalue weighted by molar-refractivity contribution is 5.18. The van der Waals surface area contributed by atoms with E-state index < -0.39 is 0 Å². The zero-order chi connectivity index (χ0) is 7.56. The third kappa shape index (κ3) is 1.40. The molecule has 0 amide bonds. The average molecular weight is 139 g/mol. The van der Waals surface area contributed by atoms with Gasteiger partial charge in [-0.3, -0.25) is 0 Å². The summed E-state index contributed by atoms with van der Waals surface area (Å²) in [6.45, 7) is 5.30. The highest BCUT2D eigenvalue weighted by atomic mass is 14.5. The first-order chi connectivity index (χ1) is 4.75. The molecule has 1 rings (SSSR count). The maximum absolute atomic E-state index is 5.60. The largest absolute Gasteiger partial charge is 0.327 e. The molecule has 0 aliphatic heterocycles. The Bertz CT molecular complexity index is 147. The van der Waals surface area contributed by atoms with Crippen molar-refractivity contribution in [3.8, 4) is 0 Å². The van der Waals surface area contributed by atoms with E-state index in [0.717, 1.165) is 12.5 Å². The molecule has 0 aromatic heterocycles. The standard InChI is InChI=1S/C9H17N/c1-7-4-3-5-9(6-10)8(7)2/h7H,3-6,10H2,1-2H3. The maximum atomic E-state index is 5.60. The molecule has 1 atom stereocenters. The molecule has 1 heteroatoms. The van der Waals surface area contributed by atoms with Crippen LogP contribution in [0.15, 0.2) is 11.1 Å². The van der Waals surface area contributed by atoms with Crippen LogP contribution in [-0.2, 0) is 0 Å². The lowest BCUT2D eigenvalue weighted by molar-refractivity contribution is 0.531. The van der Waals surface area contributed by atoms with E-state index in [0.29, 0.717) is 0 Å². The molecular weight excluding hydrogens is 122 g/mol. The van der Waals surface area contributed by atoms with Gasteiger partial charge in [0.1, 0.15) is 0 Å². The quantitative estimate of drug-likeness (QED) is 0.553. The molecule has 0 bridgehead atoms. The minimum absolute atomic E-state index is 0.774. The van der Waals surface area contributed by atoms with E-state index in [9.17, 15) is 0 Å². The molecule has 0 heterocycles. The van der Waals surface area contributed by atoms with Gasteiger partial charge in [0.05, 0.1) is 0 Å². The Morgan fingerprint density at radius 2 is 2.30 bits per heavy atom. The number of rotatable bonds is 1.